The molecule has 1 aliphatic rings. The largest absolute Gasteiger partial charge is 0.458 e. The molecule has 104 valence electrons. The Morgan fingerprint density at radius 2 is 1.68 bits per heavy atom. The molecule has 1 fully saturated rings. The summed E-state index contributed by atoms with van der Waals surface area (Å²) in [5.74, 6) is -4.91. The van der Waals surface area contributed by atoms with E-state index in [4.69, 9.17) is 4.74 Å². The molecule has 0 bridgehead atoms. The number of ether oxygens (including phenoxy) is 1. The second kappa shape index (κ2) is 4.36. The van der Waals surface area contributed by atoms with E-state index in [-0.39, 0.29) is 6.54 Å². The number of alkyl carbamates (subject to hydrolysis) is 1. The first-order chi connectivity index (χ1) is 8.72. The lowest BCUT2D eigenvalue weighted by Gasteiger charge is -2.20. The summed E-state index contributed by atoms with van der Waals surface area (Å²) >= 11 is 0. The van der Waals surface area contributed by atoms with Crippen LogP contribution >= 0.6 is 0 Å². The molecule has 1 aromatic carbocycles. The molecule has 1 saturated heterocycles. The highest BCUT2D eigenvalue weighted by atomic mass is 19.4. The Bertz CT molecular complexity index is 483. The molecule has 0 saturated carbocycles. The molecule has 1 heterocycles. The number of carbonyl (C=O) groups excluding carboxylic acids is 1. The number of hydrogen-bond donors (Lipinski definition) is 1. The first-order valence-corrected chi connectivity index (χ1v) is 5.21. The number of halogens is 5. The van der Waals surface area contributed by atoms with Crippen molar-refractivity contribution in [3.8, 4) is 0 Å². The lowest BCUT2D eigenvalue weighted by molar-refractivity contribution is -0.289. The predicted molar refractivity (Wildman–Crippen MR) is 53.6 cm³/mol. The second-order valence-corrected chi connectivity index (χ2v) is 3.97. The number of amides is 1. The average Bonchev–Trinajstić information content (AvgIpc) is 2.74. The van der Waals surface area contributed by atoms with E-state index in [1.807, 2.05) is 0 Å². The Morgan fingerprint density at radius 1 is 1.11 bits per heavy atom. The summed E-state index contributed by atoms with van der Waals surface area (Å²) in [7, 11) is 0. The van der Waals surface area contributed by atoms with Crippen molar-refractivity contribution in [2.24, 2.45) is 0 Å². The van der Waals surface area contributed by atoms with Crippen molar-refractivity contribution >= 4 is 6.09 Å². The standard InChI is InChI=1S/C11H8F5NO2/c12-10(13,11(14,15)16)7-3-1-6(2-4-7)8-5-17-9(18)19-8/h1-4,8H,5H2,(H,17,18). The molecule has 0 spiro atoms. The van der Waals surface area contributed by atoms with E-state index in [9.17, 15) is 26.7 Å². The van der Waals surface area contributed by atoms with Gasteiger partial charge in [-0.25, -0.2) is 4.79 Å². The van der Waals surface area contributed by atoms with E-state index in [2.05, 4.69) is 5.32 Å². The highest BCUT2D eigenvalue weighted by Crippen LogP contribution is 2.43. The van der Waals surface area contributed by atoms with Crippen LogP contribution in [-0.4, -0.2) is 18.8 Å². The molecule has 0 radical (unpaired) electrons. The second-order valence-electron chi connectivity index (χ2n) is 3.97. The number of carbonyl (C=O) groups is 1. The normalized spacial score (nSPS) is 20.1. The first-order valence-electron chi connectivity index (χ1n) is 5.21. The molecule has 0 aromatic heterocycles. The summed E-state index contributed by atoms with van der Waals surface area (Å²) in [6.07, 6.45) is -6.98. The Kier molecular flexibility index (Phi) is 3.11. The van der Waals surface area contributed by atoms with Crippen molar-refractivity contribution in [1.82, 2.24) is 5.32 Å². The Labute approximate surface area is 104 Å². The van der Waals surface area contributed by atoms with Gasteiger partial charge in [-0.15, -0.1) is 0 Å². The van der Waals surface area contributed by atoms with Gasteiger partial charge in [0, 0.05) is 5.56 Å². The van der Waals surface area contributed by atoms with Crippen LogP contribution in [0.4, 0.5) is 26.7 Å². The number of hydrogen-bond acceptors (Lipinski definition) is 2. The van der Waals surface area contributed by atoms with Crippen molar-refractivity contribution in [2.45, 2.75) is 18.2 Å². The summed E-state index contributed by atoms with van der Waals surface area (Å²) in [5.41, 5.74) is -0.805. The molecular formula is C11H8F5NO2. The fraction of sp³-hybridized carbons (Fsp3) is 0.364. The van der Waals surface area contributed by atoms with Crippen LogP contribution in [0, 0.1) is 0 Å². The van der Waals surface area contributed by atoms with E-state index in [0.29, 0.717) is 17.7 Å². The maximum Gasteiger partial charge on any atom is 0.458 e. The zero-order chi connectivity index (χ0) is 14.3. The molecule has 1 unspecified atom stereocenters. The van der Waals surface area contributed by atoms with Crippen LogP contribution in [0.2, 0.25) is 0 Å². The molecule has 8 heteroatoms. The van der Waals surface area contributed by atoms with Crippen molar-refractivity contribution in [3.05, 3.63) is 35.4 Å². The molecule has 1 aliphatic heterocycles. The van der Waals surface area contributed by atoms with Gasteiger partial charge in [-0.3, -0.25) is 0 Å². The molecule has 19 heavy (non-hydrogen) atoms. The quantitative estimate of drug-likeness (QED) is 0.846. The smallest absolute Gasteiger partial charge is 0.439 e. The van der Waals surface area contributed by atoms with Crippen LogP contribution in [0.25, 0.3) is 0 Å². The van der Waals surface area contributed by atoms with Gasteiger partial charge in [-0.05, 0) is 5.56 Å². The maximum atomic E-state index is 13.0. The van der Waals surface area contributed by atoms with Gasteiger partial charge in [0.15, 0.2) is 0 Å². The topological polar surface area (TPSA) is 38.3 Å². The first kappa shape index (κ1) is 13.6. The molecule has 1 N–H and O–H groups in total. The van der Waals surface area contributed by atoms with E-state index in [0.717, 1.165) is 12.1 Å². The minimum absolute atomic E-state index is 0.147. The highest BCUT2D eigenvalue weighted by Gasteiger charge is 2.58. The molecule has 0 aliphatic carbocycles. The molecule has 2 rings (SSSR count). The van der Waals surface area contributed by atoms with Crippen molar-refractivity contribution in [1.29, 1.82) is 0 Å². The van der Waals surface area contributed by atoms with Crippen LogP contribution < -0.4 is 5.32 Å². The Balaban J connectivity index is 2.21. The molecule has 3 nitrogen and oxygen atoms in total. The minimum Gasteiger partial charge on any atom is -0.439 e. The van der Waals surface area contributed by atoms with Crippen LogP contribution in [0.3, 0.4) is 0 Å². The third kappa shape index (κ3) is 2.47. The van der Waals surface area contributed by atoms with E-state index < -0.39 is 29.9 Å². The third-order valence-corrected chi connectivity index (χ3v) is 2.68. The summed E-state index contributed by atoms with van der Waals surface area (Å²) in [4.78, 5) is 10.8. The molecule has 1 aromatic rings. The lowest BCUT2D eigenvalue weighted by Crippen LogP contribution is -2.33. The van der Waals surface area contributed by atoms with E-state index >= 15 is 0 Å². The van der Waals surface area contributed by atoms with Crippen LogP contribution in [0.15, 0.2) is 24.3 Å². The molecule has 1 atom stereocenters. The Morgan fingerprint density at radius 3 is 2.11 bits per heavy atom. The number of benzene rings is 1. The van der Waals surface area contributed by atoms with Gasteiger partial charge in [-0.2, -0.15) is 22.0 Å². The number of alkyl halides is 5. The van der Waals surface area contributed by atoms with Gasteiger partial charge < -0.3 is 10.1 Å². The van der Waals surface area contributed by atoms with E-state index in [1.54, 1.807) is 0 Å². The summed E-state index contributed by atoms with van der Waals surface area (Å²) in [5, 5.41) is 2.35. The van der Waals surface area contributed by atoms with Crippen molar-refractivity contribution < 1.29 is 31.5 Å². The minimum atomic E-state index is -5.64. The maximum absolute atomic E-state index is 13.0. The number of cyclic esters (lactones) is 1. The third-order valence-electron chi connectivity index (χ3n) is 2.68. The van der Waals surface area contributed by atoms with Gasteiger partial charge in [0.1, 0.15) is 6.10 Å². The highest BCUT2D eigenvalue weighted by molar-refractivity contribution is 5.69. The van der Waals surface area contributed by atoms with Gasteiger partial charge in [0.05, 0.1) is 6.54 Å². The lowest BCUT2D eigenvalue weighted by atomic mass is 10.0. The molecular weight excluding hydrogens is 273 g/mol. The summed E-state index contributed by atoms with van der Waals surface area (Å²) < 4.78 is 67.2. The Hall–Kier alpha value is -1.86. The van der Waals surface area contributed by atoms with Crippen LogP contribution in [0.1, 0.15) is 17.2 Å². The fourth-order valence-electron chi connectivity index (χ4n) is 1.65. The summed E-state index contributed by atoms with van der Waals surface area (Å²) in [6, 6.07) is 3.52. The SMILES string of the molecule is O=C1NCC(c2ccc(C(F)(F)C(F)(F)F)cc2)O1. The number of rotatable bonds is 2. The van der Waals surface area contributed by atoms with Gasteiger partial charge in [0.2, 0.25) is 0 Å². The summed E-state index contributed by atoms with van der Waals surface area (Å²) in [6.45, 7) is 0.147. The van der Waals surface area contributed by atoms with Gasteiger partial charge in [-0.1, -0.05) is 24.3 Å². The van der Waals surface area contributed by atoms with Gasteiger partial charge >= 0.3 is 18.2 Å². The molecule has 1 amide bonds. The number of nitrogens with one attached hydrogen (secondary N) is 1. The monoisotopic (exact) mass is 281 g/mol. The average molecular weight is 281 g/mol. The predicted octanol–water partition coefficient (Wildman–Crippen LogP) is 3.12. The van der Waals surface area contributed by atoms with Crippen LogP contribution in [0.5, 0.6) is 0 Å². The van der Waals surface area contributed by atoms with Crippen molar-refractivity contribution in [3.63, 3.8) is 0 Å². The van der Waals surface area contributed by atoms with E-state index in [1.165, 1.54) is 0 Å². The van der Waals surface area contributed by atoms with Gasteiger partial charge in [0.25, 0.3) is 0 Å². The fourth-order valence-corrected chi connectivity index (χ4v) is 1.65. The zero-order valence-electron chi connectivity index (χ0n) is 9.30. The van der Waals surface area contributed by atoms with Crippen LogP contribution in [-0.2, 0) is 10.7 Å². The van der Waals surface area contributed by atoms with Crippen molar-refractivity contribution in [2.75, 3.05) is 6.54 Å². The zero-order valence-corrected chi connectivity index (χ0v) is 9.30.